The normalized spacial score (nSPS) is 14.4. The van der Waals surface area contributed by atoms with Crippen molar-refractivity contribution in [3.63, 3.8) is 0 Å². The number of aromatic nitrogens is 3. The summed E-state index contributed by atoms with van der Waals surface area (Å²) in [6.45, 7) is 0. The Labute approximate surface area is 180 Å². The van der Waals surface area contributed by atoms with Gasteiger partial charge in [0, 0.05) is 11.5 Å². The van der Waals surface area contributed by atoms with Gasteiger partial charge >= 0.3 is 6.18 Å². The van der Waals surface area contributed by atoms with Crippen LogP contribution in [0.5, 0.6) is 0 Å². The summed E-state index contributed by atoms with van der Waals surface area (Å²) in [6.07, 6.45) is -2.90. The molecule has 4 aromatic rings. The molecule has 0 spiro atoms. The maximum atomic E-state index is 14.1. The van der Waals surface area contributed by atoms with Crippen molar-refractivity contribution in [1.82, 2.24) is 14.8 Å². The average Bonchev–Trinajstić information content (AvgIpc) is 3.49. The van der Waals surface area contributed by atoms with Gasteiger partial charge in [0.15, 0.2) is 5.65 Å². The van der Waals surface area contributed by atoms with E-state index in [9.17, 15) is 13.2 Å². The van der Waals surface area contributed by atoms with Crippen LogP contribution in [0.15, 0.2) is 54.6 Å². The molecule has 1 aliphatic carbocycles. The van der Waals surface area contributed by atoms with Crippen molar-refractivity contribution >= 4 is 34.2 Å². The first-order chi connectivity index (χ1) is 14.3. The molecule has 0 amide bonds. The predicted molar refractivity (Wildman–Crippen MR) is 111 cm³/mol. The molecule has 2 aromatic heterocycles. The van der Waals surface area contributed by atoms with Crippen molar-refractivity contribution in [2.24, 2.45) is 0 Å². The molecule has 0 unspecified atom stereocenters. The van der Waals surface area contributed by atoms with Crippen molar-refractivity contribution in [2.75, 3.05) is 0 Å². The molecule has 2 aromatic carbocycles. The van der Waals surface area contributed by atoms with Gasteiger partial charge in [0.25, 0.3) is 0 Å². The fraction of sp³-hybridized carbons (Fsp3) is 0.182. The van der Waals surface area contributed by atoms with Crippen LogP contribution in [0.2, 0.25) is 10.0 Å². The van der Waals surface area contributed by atoms with Gasteiger partial charge in [-0.15, -0.1) is 0 Å². The lowest BCUT2D eigenvalue weighted by atomic mass is 10.0. The fourth-order valence-electron chi connectivity index (χ4n) is 3.56. The maximum absolute atomic E-state index is 14.1. The molecule has 3 nitrogen and oxygen atoms in total. The van der Waals surface area contributed by atoms with E-state index >= 15 is 0 Å². The number of hydrogen-bond donors (Lipinski definition) is 0. The number of alkyl halides is 3. The highest BCUT2D eigenvalue weighted by Crippen LogP contribution is 2.47. The molecule has 5 rings (SSSR count). The minimum absolute atomic E-state index is 0.0242. The van der Waals surface area contributed by atoms with Gasteiger partial charge in [0.2, 0.25) is 0 Å². The summed E-state index contributed by atoms with van der Waals surface area (Å²) in [5.74, 6) is 0.0242. The van der Waals surface area contributed by atoms with Crippen LogP contribution in [0.25, 0.3) is 28.0 Å². The lowest BCUT2D eigenvalue weighted by Gasteiger charge is -2.12. The fourth-order valence-corrected chi connectivity index (χ4v) is 3.86. The second-order valence-corrected chi connectivity index (χ2v) is 8.10. The van der Waals surface area contributed by atoms with Gasteiger partial charge in [-0.1, -0.05) is 47.5 Å². The van der Waals surface area contributed by atoms with Crippen molar-refractivity contribution in [2.45, 2.75) is 24.9 Å². The molecule has 0 atom stereocenters. The van der Waals surface area contributed by atoms with Crippen LogP contribution in [0.1, 0.15) is 30.0 Å². The second-order valence-electron chi connectivity index (χ2n) is 7.29. The Balaban J connectivity index is 1.85. The molecule has 30 heavy (non-hydrogen) atoms. The van der Waals surface area contributed by atoms with Crippen LogP contribution in [-0.2, 0) is 6.18 Å². The van der Waals surface area contributed by atoms with Crippen LogP contribution in [0, 0.1) is 0 Å². The van der Waals surface area contributed by atoms with Gasteiger partial charge in [-0.05, 0) is 43.2 Å². The molecular formula is C22H14Cl2F3N3. The molecule has 0 bridgehead atoms. The lowest BCUT2D eigenvalue weighted by molar-refractivity contribution is -0.136. The summed E-state index contributed by atoms with van der Waals surface area (Å²) in [5.41, 5.74) is 1.16. The second kappa shape index (κ2) is 7.00. The number of nitrogens with zero attached hydrogens (tertiary/aromatic N) is 3. The molecule has 0 radical (unpaired) electrons. The third-order valence-corrected chi connectivity index (χ3v) is 5.89. The average molecular weight is 448 g/mol. The summed E-state index contributed by atoms with van der Waals surface area (Å²) in [4.78, 5) is 4.60. The number of fused-ring (bicyclic) bond motifs is 1. The molecule has 0 aliphatic heterocycles. The first kappa shape index (κ1) is 19.4. The number of halogens is 5. The van der Waals surface area contributed by atoms with Crippen LogP contribution < -0.4 is 0 Å². The van der Waals surface area contributed by atoms with Gasteiger partial charge in [0.05, 0.1) is 38.1 Å². The summed E-state index contributed by atoms with van der Waals surface area (Å²) >= 11 is 12.1. The molecule has 2 heterocycles. The van der Waals surface area contributed by atoms with Crippen molar-refractivity contribution in [3.8, 4) is 16.9 Å². The van der Waals surface area contributed by atoms with E-state index in [4.69, 9.17) is 23.2 Å². The molecule has 152 valence electrons. The SMILES string of the molecule is FC(F)(F)c1cc(-c2ccc(Cl)c(Cl)c2)nc2c1c(C1CC1)nn2-c1ccccc1. The predicted octanol–water partition coefficient (Wildman–Crippen LogP) is 7.29. The first-order valence-electron chi connectivity index (χ1n) is 9.34. The zero-order valence-electron chi connectivity index (χ0n) is 15.4. The Hall–Kier alpha value is -2.57. The first-order valence-corrected chi connectivity index (χ1v) is 10.1. The van der Waals surface area contributed by atoms with Crippen LogP contribution in [0.4, 0.5) is 13.2 Å². The maximum Gasteiger partial charge on any atom is 0.417 e. The van der Waals surface area contributed by atoms with E-state index in [0.29, 0.717) is 22.0 Å². The highest BCUT2D eigenvalue weighted by atomic mass is 35.5. The van der Waals surface area contributed by atoms with Gasteiger partial charge in [0.1, 0.15) is 0 Å². The topological polar surface area (TPSA) is 30.7 Å². The molecule has 1 saturated carbocycles. The van der Waals surface area contributed by atoms with Gasteiger partial charge in [-0.25, -0.2) is 9.67 Å². The van der Waals surface area contributed by atoms with Crippen LogP contribution in [-0.4, -0.2) is 14.8 Å². The number of rotatable bonds is 3. The third kappa shape index (κ3) is 3.34. The Kier molecular flexibility index (Phi) is 4.52. The molecule has 8 heteroatoms. The quantitative estimate of drug-likeness (QED) is 0.330. The lowest BCUT2D eigenvalue weighted by Crippen LogP contribution is -2.08. The number of benzene rings is 2. The van der Waals surface area contributed by atoms with E-state index in [-0.39, 0.29) is 27.7 Å². The Morgan fingerprint density at radius 2 is 1.67 bits per heavy atom. The summed E-state index contributed by atoms with van der Waals surface area (Å²) in [5, 5.41) is 5.21. The van der Waals surface area contributed by atoms with E-state index in [2.05, 4.69) is 10.1 Å². The number of pyridine rings is 1. The van der Waals surface area contributed by atoms with E-state index in [0.717, 1.165) is 18.9 Å². The van der Waals surface area contributed by atoms with Crippen LogP contribution >= 0.6 is 23.2 Å². The van der Waals surface area contributed by atoms with Gasteiger partial charge in [-0.3, -0.25) is 0 Å². The molecule has 0 saturated heterocycles. The van der Waals surface area contributed by atoms with Crippen molar-refractivity contribution < 1.29 is 13.2 Å². The van der Waals surface area contributed by atoms with E-state index in [1.54, 1.807) is 24.3 Å². The van der Waals surface area contributed by atoms with E-state index < -0.39 is 11.7 Å². The van der Waals surface area contributed by atoms with Crippen LogP contribution in [0.3, 0.4) is 0 Å². The van der Waals surface area contributed by atoms with E-state index in [1.807, 2.05) is 18.2 Å². The van der Waals surface area contributed by atoms with Crippen molar-refractivity contribution in [1.29, 1.82) is 0 Å². The summed E-state index contributed by atoms with van der Waals surface area (Å²) in [6, 6.07) is 14.8. The Bertz CT molecular complexity index is 1260. The summed E-state index contributed by atoms with van der Waals surface area (Å²) < 4.78 is 43.9. The molecule has 1 aliphatic rings. The zero-order chi connectivity index (χ0) is 21.0. The Morgan fingerprint density at radius 3 is 2.30 bits per heavy atom. The standard InChI is InChI=1S/C22H14Cl2F3N3/c23-16-9-8-13(10-17(16)24)18-11-15(22(25,26)27)19-20(12-6-7-12)29-30(21(19)28-18)14-4-2-1-3-5-14/h1-5,8-12H,6-7H2. The highest BCUT2D eigenvalue weighted by molar-refractivity contribution is 6.42. The molecule has 1 fully saturated rings. The number of hydrogen-bond acceptors (Lipinski definition) is 2. The zero-order valence-corrected chi connectivity index (χ0v) is 16.9. The summed E-state index contributed by atoms with van der Waals surface area (Å²) in [7, 11) is 0. The Morgan fingerprint density at radius 1 is 0.933 bits per heavy atom. The monoisotopic (exact) mass is 447 g/mol. The number of para-hydroxylation sites is 1. The van der Waals surface area contributed by atoms with Crippen molar-refractivity contribution in [3.05, 3.63) is 75.9 Å². The minimum Gasteiger partial charge on any atom is -0.228 e. The third-order valence-electron chi connectivity index (χ3n) is 5.15. The molecule has 0 N–H and O–H groups in total. The van der Waals surface area contributed by atoms with E-state index in [1.165, 1.54) is 10.7 Å². The largest absolute Gasteiger partial charge is 0.417 e. The highest BCUT2D eigenvalue weighted by Gasteiger charge is 2.39. The van der Waals surface area contributed by atoms with Gasteiger partial charge < -0.3 is 0 Å². The smallest absolute Gasteiger partial charge is 0.228 e. The minimum atomic E-state index is -4.56. The molecular weight excluding hydrogens is 434 g/mol. The van der Waals surface area contributed by atoms with Gasteiger partial charge in [-0.2, -0.15) is 18.3 Å².